The highest BCUT2D eigenvalue weighted by atomic mass is 32.1. The highest BCUT2D eigenvalue weighted by Crippen LogP contribution is 2.42. The molecule has 3 rings (SSSR count). The van der Waals surface area contributed by atoms with Gasteiger partial charge in [-0.1, -0.05) is 18.3 Å². The summed E-state index contributed by atoms with van der Waals surface area (Å²) < 4.78 is 94.7. The van der Waals surface area contributed by atoms with E-state index in [0.717, 1.165) is 25.4 Å². The van der Waals surface area contributed by atoms with Gasteiger partial charge in [-0.25, -0.2) is 4.39 Å². The van der Waals surface area contributed by atoms with E-state index in [-0.39, 0.29) is 17.1 Å². The monoisotopic (exact) mass is 468 g/mol. The predicted molar refractivity (Wildman–Crippen MR) is 99.7 cm³/mol. The van der Waals surface area contributed by atoms with Gasteiger partial charge in [-0.15, -0.1) is 0 Å². The minimum Gasteiger partial charge on any atom is -0.368 e. The molecule has 2 atom stereocenters. The number of amides is 1. The number of rotatable bonds is 3. The summed E-state index contributed by atoms with van der Waals surface area (Å²) in [6, 6.07) is 2.41. The highest BCUT2D eigenvalue weighted by Gasteiger charge is 2.48. The quantitative estimate of drug-likeness (QED) is 0.542. The molecule has 0 spiro atoms. The summed E-state index contributed by atoms with van der Waals surface area (Å²) in [4.78, 5) is 14.2. The third-order valence-electron chi connectivity index (χ3n) is 4.99. The summed E-state index contributed by atoms with van der Waals surface area (Å²) in [5, 5.41) is 5.61. The van der Waals surface area contributed by atoms with Crippen molar-refractivity contribution >= 4 is 28.8 Å². The Kier molecular flexibility index (Phi) is 5.76. The second-order valence-corrected chi connectivity index (χ2v) is 7.44. The van der Waals surface area contributed by atoms with Gasteiger partial charge in [0.1, 0.15) is 17.1 Å². The molecule has 0 aliphatic carbocycles. The summed E-state index contributed by atoms with van der Waals surface area (Å²) in [6.45, 7) is -0.0824. The molecular weight excluding hydrogens is 453 g/mol. The fourth-order valence-corrected chi connectivity index (χ4v) is 4.02. The lowest BCUT2D eigenvalue weighted by Gasteiger charge is -2.21. The number of nitrogens with zero attached hydrogens (tertiary/aromatic N) is 3. The number of carbonyl (C=O) groups is 1. The number of thiocarbonyl (C=S) groups is 1. The topological polar surface area (TPSA) is 50.2 Å². The molecule has 1 aliphatic rings. The number of hydrogen-bond acceptors (Lipinski definition) is 3. The maximum atomic E-state index is 13.8. The first-order valence-electron chi connectivity index (χ1n) is 8.74. The van der Waals surface area contributed by atoms with Crippen molar-refractivity contribution in [1.29, 1.82) is 0 Å². The van der Waals surface area contributed by atoms with E-state index in [1.807, 2.05) is 5.32 Å². The van der Waals surface area contributed by atoms with E-state index in [1.54, 1.807) is 0 Å². The largest absolute Gasteiger partial charge is 0.433 e. The van der Waals surface area contributed by atoms with Gasteiger partial charge in [-0.2, -0.15) is 31.4 Å². The predicted octanol–water partition coefficient (Wildman–Crippen LogP) is 4.21. The number of likely N-dealkylation sites (tertiary alicyclic amines) is 1. The molecule has 1 amide bonds. The number of anilines is 1. The molecule has 0 saturated carbocycles. The lowest BCUT2D eigenvalue weighted by molar-refractivity contribution is -0.144. The molecule has 13 heteroatoms. The van der Waals surface area contributed by atoms with Crippen LogP contribution in [0.3, 0.4) is 0 Å². The van der Waals surface area contributed by atoms with Crippen molar-refractivity contribution in [2.45, 2.75) is 18.3 Å². The molecule has 168 valence electrons. The van der Waals surface area contributed by atoms with Crippen molar-refractivity contribution in [3.8, 4) is 0 Å². The molecule has 1 aromatic heterocycles. The van der Waals surface area contributed by atoms with E-state index >= 15 is 0 Å². The molecule has 1 fully saturated rings. The van der Waals surface area contributed by atoms with Crippen LogP contribution in [-0.4, -0.2) is 39.2 Å². The average molecular weight is 468 g/mol. The molecule has 0 bridgehead atoms. The van der Waals surface area contributed by atoms with Crippen LogP contribution in [0.4, 0.5) is 36.4 Å². The molecule has 1 saturated heterocycles. The summed E-state index contributed by atoms with van der Waals surface area (Å²) in [6.07, 6.45) is -8.93. The molecule has 2 heterocycles. The second-order valence-electron chi connectivity index (χ2n) is 7.02. The molecule has 1 N–H and O–H groups in total. The van der Waals surface area contributed by atoms with Gasteiger partial charge in [0.15, 0.2) is 0 Å². The first kappa shape index (κ1) is 23.0. The van der Waals surface area contributed by atoms with Gasteiger partial charge in [-0.3, -0.25) is 9.48 Å². The Hall–Kier alpha value is -2.70. The molecular formula is C18H15F7N4OS. The van der Waals surface area contributed by atoms with Crippen LogP contribution in [0.5, 0.6) is 0 Å². The SMILES string of the molecule is CN1C[C@H](c2cnn(C)c2C(F)(F)F)[C@@H](C(=O)Nc2cccc(F)c2C(F)(F)F)C1=S. The second kappa shape index (κ2) is 7.77. The average Bonchev–Trinajstić information content (AvgIpc) is 3.14. The third kappa shape index (κ3) is 4.23. The van der Waals surface area contributed by atoms with Crippen LogP contribution in [-0.2, 0) is 24.2 Å². The Labute approximate surface area is 176 Å². The van der Waals surface area contributed by atoms with E-state index in [2.05, 4.69) is 5.10 Å². The minimum absolute atomic E-state index is 0.0514. The molecule has 1 aliphatic heterocycles. The Morgan fingerprint density at radius 2 is 1.81 bits per heavy atom. The van der Waals surface area contributed by atoms with E-state index in [4.69, 9.17) is 12.2 Å². The van der Waals surface area contributed by atoms with Gasteiger partial charge >= 0.3 is 12.4 Å². The molecule has 1 aromatic carbocycles. The van der Waals surface area contributed by atoms with Gasteiger partial charge in [-0.05, 0) is 12.1 Å². The molecule has 0 unspecified atom stereocenters. The normalized spacial score (nSPS) is 19.8. The van der Waals surface area contributed by atoms with Crippen molar-refractivity contribution in [2.24, 2.45) is 13.0 Å². The lowest BCUT2D eigenvalue weighted by Crippen LogP contribution is -2.33. The number of nitrogens with one attached hydrogen (secondary N) is 1. The lowest BCUT2D eigenvalue weighted by atomic mass is 9.88. The Balaban J connectivity index is 2.01. The number of alkyl halides is 6. The van der Waals surface area contributed by atoms with E-state index in [0.29, 0.717) is 10.7 Å². The van der Waals surface area contributed by atoms with Crippen LogP contribution in [0, 0.1) is 11.7 Å². The number of carbonyl (C=O) groups excluding carboxylic acids is 1. The molecule has 5 nitrogen and oxygen atoms in total. The molecule has 0 radical (unpaired) electrons. The zero-order valence-corrected chi connectivity index (χ0v) is 16.8. The molecule has 31 heavy (non-hydrogen) atoms. The van der Waals surface area contributed by atoms with Gasteiger partial charge in [0.2, 0.25) is 5.91 Å². The van der Waals surface area contributed by atoms with E-state index < -0.39 is 52.9 Å². The zero-order valence-electron chi connectivity index (χ0n) is 16.0. The summed E-state index contributed by atoms with van der Waals surface area (Å²) in [7, 11) is 2.54. The first-order valence-corrected chi connectivity index (χ1v) is 9.15. The van der Waals surface area contributed by atoms with Crippen molar-refractivity contribution in [2.75, 3.05) is 18.9 Å². The van der Waals surface area contributed by atoms with Crippen LogP contribution in [0.25, 0.3) is 0 Å². The fraction of sp³-hybridized carbons (Fsp3) is 0.389. The van der Waals surface area contributed by atoms with Crippen LogP contribution < -0.4 is 5.32 Å². The first-order chi connectivity index (χ1) is 14.2. The van der Waals surface area contributed by atoms with E-state index in [1.165, 1.54) is 11.9 Å². The van der Waals surface area contributed by atoms with Crippen molar-refractivity contribution in [3.63, 3.8) is 0 Å². The van der Waals surface area contributed by atoms with Crippen LogP contribution >= 0.6 is 12.2 Å². The number of aromatic nitrogens is 2. The highest BCUT2D eigenvalue weighted by molar-refractivity contribution is 7.80. The van der Waals surface area contributed by atoms with Crippen molar-refractivity contribution < 1.29 is 35.5 Å². The number of benzene rings is 1. The number of hydrogen-bond donors (Lipinski definition) is 1. The maximum Gasteiger partial charge on any atom is 0.433 e. The molecule has 2 aromatic rings. The smallest absolute Gasteiger partial charge is 0.368 e. The Bertz CT molecular complexity index is 1030. The van der Waals surface area contributed by atoms with E-state index in [9.17, 15) is 35.5 Å². The number of halogens is 7. The van der Waals surface area contributed by atoms with Crippen LogP contribution in [0.2, 0.25) is 0 Å². The fourth-order valence-electron chi connectivity index (χ4n) is 3.67. The van der Waals surface area contributed by atoms with Gasteiger partial charge in [0.25, 0.3) is 0 Å². The minimum atomic E-state index is -5.10. The number of aryl methyl sites for hydroxylation is 1. The Morgan fingerprint density at radius 3 is 2.39 bits per heavy atom. The van der Waals surface area contributed by atoms with Crippen LogP contribution in [0.15, 0.2) is 24.4 Å². The van der Waals surface area contributed by atoms with Gasteiger partial charge in [0.05, 0.1) is 22.8 Å². The Morgan fingerprint density at radius 1 is 1.16 bits per heavy atom. The zero-order chi connectivity index (χ0) is 23.3. The van der Waals surface area contributed by atoms with Crippen molar-refractivity contribution in [1.82, 2.24) is 14.7 Å². The summed E-state index contributed by atoms with van der Waals surface area (Å²) >= 11 is 5.17. The standard InChI is InChI=1S/C18H15F7N4OS/c1-28-7-9(8-6-26-29(2)14(8)18(23,24)25)12(16(28)31)15(30)27-11-5-3-4-10(19)13(11)17(20,21)22/h3-6,9,12H,7H2,1-2H3,(H,27,30)/t9-,12+/m1/s1. The van der Waals surface area contributed by atoms with Gasteiger partial charge < -0.3 is 10.2 Å². The summed E-state index contributed by atoms with van der Waals surface area (Å²) in [5.41, 5.74) is -3.93. The van der Waals surface area contributed by atoms with Gasteiger partial charge in [0, 0.05) is 32.1 Å². The summed E-state index contributed by atoms with van der Waals surface area (Å²) in [5.74, 6) is -5.19. The van der Waals surface area contributed by atoms with Crippen molar-refractivity contribution in [3.05, 3.63) is 47.0 Å². The van der Waals surface area contributed by atoms with Crippen LogP contribution in [0.1, 0.15) is 22.7 Å². The number of likely N-dealkylation sites (N-methyl/N-ethyl adjacent to an activating group) is 1. The maximum absolute atomic E-state index is 13.8. The third-order valence-corrected chi connectivity index (χ3v) is 5.55.